The number of nitrogens with zero attached hydrogens (tertiary/aromatic N) is 3. The number of nitrogens with one attached hydrogen (secondary N) is 1. The van der Waals surface area contributed by atoms with Crippen LogP contribution in [0.1, 0.15) is 31.1 Å². The molecule has 0 fully saturated rings. The molecule has 0 aliphatic rings. The Morgan fingerprint density at radius 1 is 1.19 bits per heavy atom. The number of rotatable bonds is 5. The average Bonchev–Trinajstić information content (AvgIpc) is 3.05. The second-order valence-corrected chi connectivity index (χ2v) is 6.05. The lowest BCUT2D eigenvalue weighted by molar-refractivity contribution is -0.118. The molecular weight excluding hydrogens is 332 g/mol. The van der Waals surface area contributed by atoms with Crippen molar-refractivity contribution in [3.05, 3.63) is 48.2 Å². The van der Waals surface area contributed by atoms with Gasteiger partial charge in [0.05, 0.1) is 18.3 Å². The van der Waals surface area contributed by atoms with Gasteiger partial charge >= 0.3 is 5.97 Å². The van der Waals surface area contributed by atoms with Gasteiger partial charge in [0.15, 0.2) is 11.6 Å². The number of pyridine rings is 1. The third-order valence-corrected chi connectivity index (χ3v) is 3.83. The van der Waals surface area contributed by atoms with Crippen molar-refractivity contribution in [1.29, 1.82) is 0 Å². The number of para-hydroxylation sites is 1. The van der Waals surface area contributed by atoms with Crippen LogP contribution in [-0.2, 0) is 9.53 Å². The summed E-state index contributed by atoms with van der Waals surface area (Å²) in [6.45, 7) is 5.50. The predicted molar refractivity (Wildman–Crippen MR) is 98.3 cm³/mol. The number of carbonyl (C=O) groups is 2. The van der Waals surface area contributed by atoms with Crippen LogP contribution in [0, 0.1) is 5.92 Å². The van der Waals surface area contributed by atoms with E-state index in [0.717, 1.165) is 10.9 Å². The Hall–Kier alpha value is -3.22. The molecule has 1 N–H and O–H groups in total. The minimum absolute atomic E-state index is 0.191. The quantitative estimate of drug-likeness (QED) is 0.713. The second kappa shape index (κ2) is 7.35. The molecule has 0 saturated heterocycles. The van der Waals surface area contributed by atoms with Crippen molar-refractivity contribution < 1.29 is 14.3 Å². The van der Waals surface area contributed by atoms with Crippen LogP contribution >= 0.6 is 0 Å². The van der Waals surface area contributed by atoms with Crippen LogP contribution in [0.5, 0.6) is 0 Å². The van der Waals surface area contributed by atoms with Crippen LogP contribution in [0.25, 0.3) is 16.7 Å². The Balaban J connectivity index is 2.09. The molecule has 0 bridgehead atoms. The van der Waals surface area contributed by atoms with Gasteiger partial charge in [0, 0.05) is 11.3 Å². The average molecular weight is 352 g/mol. The molecule has 0 radical (unpaired) electrons. The minimum Gasteiger partial charge on any atom is -0.462 e. The summed E-state index contributed by atoms with van der Waals surface area (Å²) < 4.78 is 6.51. The van der Waals surface area contributed by atoms with Gasteiger partial charge in [-0.25, -0.2) is 9.78 Å². The van der Waals surface area contributed by atoms with Gasteiger partial charge in [-0.3, -0.25) is 4.79 Å². The normalized spacial score (nSPS) is 10.9. The summed E-state index contributed by atoms with van der Waals surface area (Å²) in [6.07, 6.45) is 1.38. The second-order valence-electron chi connectivity index (χ2n) is 6.05. The van der Waals surface area contributed by atoms with Crippen molar-refractivity contribution in [2.75, 3.05) is 11.9 Å². The molecule has 0 unspecified atom stereocenters. The maximum Gasteiger partial charge on any atom is 0.343 e. The Morgan fingerprint density at radius 2 is 1.96 bits per heavy atom. The fraction of sp³-hybridized carbons (Fsp3) is 0.263. The van der Waals surface area contributed by atoms with E-state index >= 15 is 0 Å². The fourth-order valence-corrected chi connectivity index (χ4v) is 2.43. The molecule has 7 heteroatoms. The van der Waals surface area contributed by atoms with Crippen LogP contribution in [0.4, 0.5) is 5.82 Å². The highest BCUT2D eigenvalue weighted by Gasteiger charge is 2.23. The Bertz CT molecular complexity index is 962. The SMILES string of the molecule is CCOC(=O)c1cnn(-c2ccc3ccccc3n2)c1NC(=O)C(C)C. The van der Waals surface area contributed by atoms with Crippen molar-refractivity contribution in [1.82, 2.24) is 14.8 Å². The van der Waals surface area contributed by atoms with E-state index in [1.54, 1.807) is 26.8 Å². The summed E-state index contributed by atoms with van der Waals surface area (Å²) >= 11 is 0. The van der Waals surface area contributed by atoms with E-state index in [0.29, 0.717) is 5.82 Å². The molecule has 0 aliphatic carbocycles. The third kappa shape index (κ3) is 3.42. The molecule has 0 saturated carbocycles. The fourth-order valence-electron chi connectivity index (χ4n) is 2.43. The number of anilines is 1. The maximum absolute atomic E-state index is 12.2. The van der Waals surface area contributed by atoms with E-state index < -0.39 is 5.97 Å². The molecule has 7 nitrogen and oxygen atoms in total. The van der Waals surface area contributed by atoms with Gasteiger partial charge in [0.2, 0.25) is 5.91 Å². The third-order valence-electron chi connectivity index (χ3n) is 3.83. The summed E-state index contributed by atoms with van der Waals surface area (Å²) in [5.41, 5.74) is 0.982. The number of fused-ring (bicyclic) bond motifs is 1. The molecule has 2 aromatic heterocycles. The largest absolute Gasteiger partial charge is 0.462 e. The predicted octanol–water partition coefficient (Wildman–Crippen LogP) is 3.19. The van der Waals surface area contributed by atoms with Crippen molar-refractivity contribution in [2.45, 2.75) is 20.8 Å². The van der Waals surface area contributed by atoms with Crippen LogP contribution < -0.4 is 5.32 Å². The zero-order valence-corrected chi connectivity index (χ0v) is 14.9. The Kier molecular flexibility index (Phi) is 4.97. The smallest absolute Gasteiger partial charge is 0.343 e. The highest BCUT2D eigenvalue weighted by atomic mass is 16.5. The first-order chi connectivity index (χ1) is 12.5. The lowest BCUT2D eigenvalue weighted by Crippen LogP contribution is -2.22. The Morgan fingerprint density at radius 3 is 2.69 bits per heavy atom. The van der Waals surface area contributed by atoms with Gasteiger partial charge in [0.1, 0.15) is 5.56 Å². The molecule has 134 valence electrons. The van der Waals surface area contributed by atoms with E-state index in [-0.39, 0.29) is 29.8 Å². The topological polar surface area (TPSA) is 86.1 Å². The molecule has 1 aromatic carbocycles. The van der Waals surface area contributed by atoms with Crippen LogP contribution in [0.15, 0.2) is 42.6 Å². The number of benzene rings is 1. The standard InChI is InChI=1S/C19H20N4O3/c1-4-26-19(25)14-11-20-23(17(14)22-18(24)12(2)3)16-10-9-13-7-5-6-8-15(13)21-16/h5-12H,4H2,1-3H3,(H,22,24). The van der Waals surface area contributed by atoms with Gasteiger partial charge < -0.3 is 10.1 Å². The lowest BCUT2D eigenvalue weighted by atomic mass is 10.2. The van der Waals surface area contributed by atoms with Crippen molar-refractivity contribution in [3.8, 4) is 5.82 Å². The molecular formula is C19H20N4O3. The van der Waals surface area contributed by atoms with E-state index in [4.69, 9.17) is 4.74 Å². The van der Waals surface area contributed by atoms with Crippen LogP contribution in [-0.4, -0.2) is 33.2 Å². The number of hydrogen-bond donors (Lipinski definition) is 1. The summed E-state index contributed by atoms with van der Waals surface area (Å²) in [5, 5.41) is 8.00. The summed E-state index contributed by atoms with van der Waals surface area (Å²) in [4.78, 5) is 29.0. The number of ether oxygens (including phenoxy) is 1. The molecule has 0 aliphatic heterocycles. The van der Waals surface area contributed by atoms with Crippen molar-refractivity contribution in [3.63, 3.8) is 0 Å². The van der Waals surface area contributed by atoms with Crippen molar-refractivity contribution in [2.24, 2.45) is 5.92 Å². The molecule has 26 heavy (non-hydrogen) atoms. The first-order valence-electron chi connectivity index (χ1n) is 8.43. The van der Waals surface area contributed by atoms with E-state index in [1.807, 2.05) is 30.3 Å². The van der Waals surface area contributed by atoms with Gasteiger partial charge in [-0.1, -0.05) is 32.0 Å². The summed E-state index contributed by atoms with van der Waals surface area (Å²) in [6, 6.07) is 11.4. The highest BCUT2D eigenvalue weighted by Crippen LogP contribution is 2.23. The lowest BCUT2D eigenvalue weighted by Gasteiger charge is -2.12. The first-order valence-corrected chi connectivity index (χ1v) is 8.43. The van der Waals surface area contributed by atoms with E-state index in [9.17, 15) is 9.59 Å². The number of esters is 1. The van der Waals surface area contributed by atoms with Crippen LogP contribution in [0.3, 0.4) is 0 Å². The zero-order chi connectivity index (χ0) is 18.7. The molecule has 2 heterocycles. The molecule has 3 rings (SSSR count). The molecule has 0 atom stereocenters. The Labute approximate surface area is 151 Å². The molecule has 0 spiro atoms. The number of amides is 1. The van der Waals surface area contributed by atoms with E-state index in [1.165, 1.54) is 10.9 Å². The zero-order valence-electron chi connectivity index (χ0n) is 14.9. The highest BCUT2D eigenvalue weighted by molar-refractivity contribution is 6.01. The van der Waals surface area contributed by atoms with Gasteiger partial charge in [0.25, 0.3) is 0 Å². The van der Waals surface area contributed by atoms with Crippen molar-refractivity contribution >= 4 is 28.6 Å². The summed E-state index contributed by atoms with van der Waals surface area (Å²) in [7, 11) is 0. The van der Waals surface area contributed by atoms with Gasteiger partial charge in [-0.15, -0.1) is 0 Å². The first kappa shape index (κ1) is 17.6. The number of aromatic nitrogens is 3. The monoisotopic (exact) mass is 352 g/mol. The summed E-state index contributed by atoms with van der Waals surface area (Å²) in [5.74, 6) is -0.266. The molecule has 1 amide bonds. The number of carbonyl (C=O) groups excluding carboxylic acids is 2. The maximum atomic E-state index is 12.2. The van der Waals surface area contributed by atoms with E-state index in [2.05, 4.69) is 15.4 Å². The van der Waals surface area contributed by atoms with Gasteiger partial charge in [-0.2, -0.15) is 9.78 Å². The number of hydrogen-bond acceptors (Lipinski definition) is 5. The minimum atomic E-state index is -0.543. The van der Waals surface area contributed by atoms with Crippen LogP contribution in [0.2, 0.25) is 0 Å². The molecule has 3 aromatic rings. The van der Waals surface area contributed by atoms with Gasteiger partial charge in [-0.05, 0) is 25.1 Å².